The summed E-state index contributed by atoms with van der Waals surface area (Å²) in [4.78, 5) is 27.2. The van der Waals surface area contributed by atoms with Crippen LogP contribution in [0.3, 0.4) is 0 Å². The van der Waals surface area contributed by atoms with Crippen molar-refractivity contribution in [1.29, 1.82) is 0 Å². The number of rotatable bonds is 9. The largest absolute Gasteiger partial charge is 0.496 e. The van der Waals surface area contributed by atoms with Gasteiger partial charge in [-0.05, 0) is 25.0 Å². The molecule has 1 aromatic carbocycles. The second-order valence-corrected chi connectivity index (χ2v) is 8.12. The van der Waals surface area contributed by atoms with Gasteiger partial charge in [-0.3, -0.25) is 4.79 Å². The average molecular weight is 408 g/mol. The number of carbonyl (C=O) groups excluding carboxylic acids is 2. The molecule has 1 aliphatic rings. The smallest absolute Gasteiger partial charge is 0.328 e. The summed E-state index contributed by atoms with van der Waals surface area (Å²) in [5.74, 6) is 0.534. The molecule has 1 aliphatic heterocycles. The molecule has 29 heavy (non-hydrogen) atoms. The van der Waals surface area contributed by atoms with E-state index in [1.807, 2.05) is 19.9 Å². The van der Waals surface area contributed by atoms with Gasteiger partial charge in [0.1, 0.15) is 44.5 Å². The van der Waals surface area contributed by atoms with Gasteiger partial charge < -0.3 is 24.6 Å². The van der Waals surface area contributed by atoms with E-state index in [2.05, 4.69) is 24.4 Å². The topological polar surface area (TPSA) is 73.5 Å². The number of benzene rings is 1. The van der Waals surface area contributed by atoms with Gasteiger partial charge in [0.25, 0.3) is 5.91 Å². The Kier molecular flexibility index (Phi) is 8.92. The second-order valence-electron chi connectivity index (χ2n) is 8.12. The summed E-state index contributed by atoms with van der Waals surface area (Å²) in [5.41, 5.74) is 2.47. The van der Waals surface area contributed by atoms with Gasteiger partial charge in [0.2, 0.25) is 0 Å². The van der Waals surface area contributed by atoms with Crippen LogP contribution >= 0.6 is 0 Å². The lowest BCUT2D eigenvalue weighted by Crippen LogP contribution is -3.28. The van der Waals surface area contributed by atoms with Crippen LogP contribution < -0.4 is 19.9 Å². The number of methoxy groups -OCH3 is 2. The molecule has 1 amide bonds. The van der Waals surface area contributed by atoms with Crippen LogP contribution in [0.15, 0.2) is 18.2 Å². The summed E-state index contributed by atoms with van der Waals surface area (Å²) in [6.45, 7) is 11.3. The van der Waals surface area contributed by atoms with Gasteiger partial charge in [-0.25, -0.2) is 4.79 Å². The Morgan fingerprint density at radius 3 is 2.38 bits per heavy atom. The van der Waals surface area contributed by atoms with E-state index in [-0.39, 0.29) is 17.8 Å². The number of esters is 1. The summed E-state index contributed by atoms with van der Waals surface area (Å²) in [7, 11) is 3.07. The zero-order valence-electron chi connectivity index (χ0n) is 18.5. The van der Waals surface area contributed by atoms with E-state index in [0.717, 1.165) is 44.9 Å². The number of ether oxygens (including phenoxy) is 2. The van der Waals surface area contributed by atoms with E-state index < -0.39 is 6.04 Å². The lowest BCUT2D eigenvalue weighted by Gasteiger charge is -2.30. The van der Waals surface area contributed by atoms with Crippen LogP contribution in [-0.4, -0.2) is 64.9 Å². The van der Waals surface area contributed by atoms with Crippen LogP contribution in [0.4, 0.5) is 0 Å². The van der Waals surface area contributed by atoms with Crippen LogP contribution in [0, 0.1) is 12.8 Å². The maximum absolute atomic E-state index is 12.5. The van der Waals surface area contributed by atoms with Crippen molar-refractivity contribution in [3.8, 4) is 5.75 Å². The van der Waals surface area contributed by atoms with Crippen molar-refractivity contribution in [2.24, 2.45) is 5.92 Å². The molecule has 1 heterocycles. The molecule has 3 N–H and O–H groups in total. The van der Waals surface area contributed by atoms with Crippen molar-refractivity contribution in [2.75, 3.05) is 46.9 Å². The third-order valence-electron chi connectivity index (χ3n) is 5.94. The number of amides is 1. The normalized spacial score (nSPS) is 21.1. The van der Waals surface area contributed by atoms with Gasteiger partial charge in [0, 0.05) is 5.56 Å². The Balaban J connectivity index is 1.84. The molecule has 0 aromatic heterocycles. The van der Waals surface area contributed by atoms with Gasteiger partial charge >= 0.3 is 5.97 Å². The van der Waals surface area contributed by atoms with E-state index in [4.69, 9.17) is 9.47 Å². The van der Waals surface area contributed by atoms with Gasteiger partial charge in [-0.15, -0.1) is 0 Å². The van der Waals surface area contributed by atoms with Crippen molar-refractivity contribution in [1.82, 2.24) is 5.32 Å². The van der Waals surface area contributed by atoms with E-state index >= 15 is 0 Å². The van der Waals surface area contributed by atoms with Crippen LogP contribution in [0.1, 0.15) is 31.4 Å². The minimum atomic E-state index is -0.572. The molecule has 7 nitrogen and oxygen atoms in total. The highest BCUT2D eigenvalue weighted by Gasteiger charge is 2.30. The molecule has 1 saturated heterocycles. The lowest BCUT2D eigenvalue weighted by molar-refractivity contribution is -1.02. The van der Waals surface area contributed by atoms with Crippen LogP contribution in [0.25, 0.3) is 0 Å². The SMILES string of the molecule is CC[C@H](C)[C@@H](NC(=O)C[NH+]1CC[NH+](Cc2cc(C)ccc2OC)CC1)C(=O)OC. The predicted molar refractivity (Wildman–Crippen MR) is 111 cm³/mol. The maximum Gasteiger partial charge on any atom is 0.328 e. The molecule has 1 fully saturated rings. The molecule has 0 saturated carbocycles. The number of nitrogens with one attached hydrogen (secondary N) is 3. The lowest BCUT2D eigenvalue weighted by atomic mass is 9.99. The minimum Gasteiger partial charge on any atom is -0.496 e. The molecule has 0 unspecified atom stereocenters. The van der Waals surface area contributed by atoms with Crippen LogP contribution in [0.2, 0.25) is 0 Å². The number of aryl methyl sites for hydroxylation is 1. The monoisotopic (exact) mass is 407 g/mol. The number of piperazine rings is 1. The molecule has 0 radical (unpaired) electrons. The molecule has 0 aliphatic carbocycles. The summed E-state index contributed by atoms with van der Waals surface area (Å²) >= 11 is 0. The molecule has 2 atom stereocenters. The maximum atomic E-state index is 12.5. The minimum absolute atomic E-state index is 0.0481. The molecule has 1 aromatic rings. The third-order valence-corrected chi connectivity index (χ3v) is 5.94. The van der Waals surface area contributed by atoms with E-state index in [0.29, 0.717) is 6.54 Å². The first-order valence-corrected chi connectivity index (χ1v) is 10.6. The summed E-state index contributed by atoms with van der Waals surface area (Å²) in [6, 6.07) is 5.72. The van der Waals surface area contributed by atoms with Gasteiger partial charge in [-0.1, -0.05) is 31.9 Å². The van der Waals surface area contributed by atoms with Crippen molar-refractivity contribution < 1.29 is 28.9 Å². The van der Waals surface area contributed by atoms with Crippen molar-refractivity contribution in [2.45, 2.75) is 39.8 Å². The molecular weight excluding hydrogens is 370 g/mol. The fraction of sp³-hybridized carbons (Fsp3) is 0.636. The number of carbonyl (C=O) groups is 2. The van der Waals surface area contributed by atoms with Gasteiger partial charge in [-0.2, -0.15) is 0 Å². The highest BCUT2D eigenvalue weighted by molar-refractivity contribution is 5.85. The molecular formula is C22H37N3O4+2. The van der Waals surface area contributed by atoms with Crippen molar-refractivity contribution >= 4 is 11.9 Å². The van der Waals surface area contributed by atoms with Gasteiger partial charge in [0.15, 0.2) is 6.54 Å². The first kappa shape index (κ1) is 23.2. The second kappa shape index (κ2) is 11.2. The quantitative estimate of drug-likeness (QED) is 0.459. The van der Waals surface area contributed by atoms with Crippen LogP contribution in [0.5, 0.6) is 5.75 Å². The zero-order valence-corrected chi connectivity index (χ0v) is 18.5. The number of hydrogen-bond acceptors (Lipinski definition) is 4. The fourth-order valence-corrected chi connectivity index (χ4v) is 3.87. The Labute approximate surface area is 174 Å². The first-order valence-electron chi connectivity index (χ1n) is 10.6. The van der Waals surface area contributed by atoms with E-state index in [1.54, 1.807) is 7.11 Å². The van der Waals surface area contributed by atoms with Crippen molar-refractivity contribution in [3.63, 3.8) is 0 Å². The van der Waals surface area contributed by atoms with Crippen LogP contribution in [-0.2, 0) is 20.9 Å². The molecule has 0 spiro atoms. The summed E-state index contributed by atoms with van der Waals surface area (Å²) in [5, 5.41) is 2.88. The standard InChI is InChI=1S/C22H35N3O4/c1-6-17(3)21(22(27)29-5)23-20(26)15-25-11-9-24(10-12-25)14-18-13-16(2)7-8-19(18)28-4/h7-8,13,17,21H,6,9-12,14-15H2,1-5H3,(H,23,26)/p+2/t17-,21+/m0/s1. The summed E-state index contributed by atoms with van der Waals surface area (Å²) < 4.78 is 10.4. The van der Waals surface area contributed by atoms with E-state index in [9.17, 15) is 9.59 Å². The first-order chi connectivity index (χ1) is 13.9. The Morgan fingerprint density at radius 1 is 1.14 bits per heavy atom. The zero-order chi connectivity index (χ0) is 21.4. The fourth-order valence-electron chi connectivity index (χ4n) is 3.87. The highest BCUT2D eigenvalue weighted by atomic mass is 16.5. The Morgan fingerprint density at radius 2 is 1.79 bits per heavy atom. The van der Waals surface area contributed by atoms with E-state index in [1.165, 1.54) is 28.0 Å². The molecule has 162 valence electrons. The Bertz CT molecular complexity index is 687. The third kappa shape index (κ3) is 6.72. The molecule has 7 heteroatoms. The highest BCUT2D eigenvalue weighted by Crippen LogP contribution is 2.18. The predicted octanol–water partition coefficient (Wildman–Crippen LogP) is -1.01. The van der Waals surface area contributed by atoms with Gasteiger partial charge in [0.05, 0.1) is 14.2 Å². The average Bonchev–Trinajstić information content (AvgIpc) is 2.72. The molecule has 2 rings (SSSR count). The molecule has 0 bridgehead atoms. The van der Waals surface area contributed by atoms with Crippen molar-refractivity contribution in [3.05, 3.63) is 29.3 Å². The number of hydrogen-bond donors (Lipinski definition) is 3. The Hall–Kier alpha value is -2.12. The summed E-state index contributed by atoms with van der Waals surface area (Å²) in [6.07, 6.45) is 0.803. The number of quaternary nitrogens is 2.